The standard InChI is InChI=1S/C16H24N2/c1-3-16(2)12-18(10-9-17-16)15-11-14(15)13-7-5-4-6-8-13/h4-8,14-15,17H,3,9-12H2,1-2H3. The fourth-order valence-electron chi connectivity index (χ4n) is 3.25. The fraction of sp³-hybridized carbons (Fsp3) is 0.625. The van der Waals surface area contributed by atoms with Crippen LogP contribution in [-0.4, -0.2) is 36.1 Å². The van der Waals surface area contributed by atoms with Gasteiger partial charge >= 0.3 is 0 Å². The minimum absolute atomic E-state index is 0.322. The van der Waals surface area contributed by atoms with Gasteiger partial charge in [0.1, 0.15) is 0 Å². The van der Waals surface area contributed by atoms with Crippen LogP contribution in [0, 0.1) is 0 Å². The highest BCUT2D eigenvalue weighted by Gasteiger charge is 2.45. The zero-order valence-electron chi connectivity index (χ0n) is 11.5. The van der Waals surface area contributed by atoms with Crippen molar-refractivity contribution in [2.45, 2.75) is 44.2 Å². The number of nitrogens with zero attached hydrogens (tertiary/aromatic N) is 1. The van der Waals surface area contributed by atoms with Gasteiger partial charge < -0.3 is 5.32 Å². The Morgan fingerprint density at radius 1 is 1.33 bits per heavy atom. The molecule has 18 heavy (non-hydrogen) atoms. The smallest absolute Gasteiger partial charge is 0.0278 e. The van der Waals surface area contributed by atoms with E-state index >= 15 is 0 Å². The lowest BCUT2D eigenvalue weighted by atomic mass is 9.95. The van der Waals surface area contributed by atoms with E-state index in [0.29, 0.717) is 5.54 Å². The average molecular weight is 244 g/mol. The van der Waals surface area contributed by atoms with E-state index in [2.05, 4.69) is 54.4 Å². The number of nitrogens with one attached hydrogen (secondary N) is 1. The van der Waals surface area contributed by atoms with Crippen molar-refractivity contribution in [3.05, 3.63) is 35.9 Å². The predicted octanol–water partition coefficient (Wildman–Crippen LogP) is 2.62. The molecule has 98 valence electrons. The molecule has 0 spiro atoms. The predicted molar refractivity (Wildman–Crippen MR) is 75.9 cm³/mol. The summed E-state index contributed by atoms with van der Waals surface area (Å²) in [4.78, 5) is 2.71. The molecule has 1 saturated carbocycles. The first-order valence-corrected chi connectivity index (χ1v) is 7.26. The first-order chi connectivity index (χ1) is 8.72. The molecule has 1 aliphatic heterocycles. The van der Waals surface area contributed by atoms with Crippen LogP contribution >= 0.6 is 0 Å². The van der Waals surface area contributed by atoms with Crippen LogP contribution in [0.25, 0.3) is 0 Å². The number of rotatable bonds is 3. The van der Waals surface area contributed by atoms with Crippen LogP contribution < -0.4 is 5.32 Å². The van der Waals surface area contributed by atoms with Gasteiger partial charge in [0.15, 0.2) is 0 Å². The van der Waals surface area contributed by atoms with Crippen LogP contribution in [0.1, 0.15) is 38.2 Å². The van der Waals surface area contributed by atoms with E-state index in [0.717, 1.165) is 18.5 Å². The molecule has 2 heteroatoms. The van der Waals surface area contributed by atoms with Gasteiger partial charge in [0.05, 0.1) is 0 Å². The molecular weight excluding hydrogens is 220 g/mol. The van der Waals surface area contributed by atoms with Crippen molar-refractivity contribution in [1.29, 1.82) is 0 Å². The van der Waals surface area contributed by atoms with E-state index in [-0.39, 0.29) is 0 Å². The van der Waals surface area contributed by atoms with Crippen molar-refractivity contribution in [1.82, 2.24) is 10.2 Å². The maximum Gasteiger partial charge on any atom is 0.0278 e. The van der Waals surface area contributed by atoms with Crippen LogP contribution in [0.4, 0.5) is 0 Å². The third-order valence-electron chi connectivity index (χ3n) is 4.74. The Morgan fingerprint density at radius 2 is 2.11 bits per heavy atom. The molecule has 2 nitrogen and oxygen atoms in total. The molecular formula is C16H24N2. The number of benzene rings is 1. The van der Waals surface area contributed by atoms with Crippen molar-refractivity contribution >= 4 is 0 Å². The molecule has 0 radical (unpaired) electrons. The molecule has 1 saturated heterocycles. The van der Waals surface area contributed by atoms with Gasteiger partial charge in [-0.2, -0.15) is 0 Å². The third-order valence-corrected chi connectivity index (χ3v) is 4.74. The first-order valence-electron chi connectivity index (χ1n) is 7.26. The second-order valence-electron chi connectivity index (χ2n) is 6.13. The normalized spacial score (nSPS) is 36.6. The summed E-state index contributed by atoms with van der Waals surface area (Å²) in [5.74, 6) is 0.783. The number of hydrogen-bond acceptors (Lipinski definition) is 2. The van der Waals surface area contributed by atoms with Crippen LogP contribution in [0.15, 0.2) is 30.3 Å². The van der Waals surface area contributed by atoms with Crippen LogP contribution in [0.5, 0.6) is 0 Å². The van der Waals surface area contributed by atoms with Crippen molar-refractivity contribution < 1.29 is 0 Å². The summed E-state index contributed by atoms with van der Waals surface area (Å²) in [5.41, 5.74) is 1.85. The molecule has 2 fully saturated rings. The maximum atomic E-state index is 3.67. The topological polar surface area (TPSA) is 15.3 Å². The fourth-order valence-corrected chi connectivity index (χ4v) is 3.25. The Bertz CT molecular complexity index is 403. The molecule has 1 aliphatic carbocycles. The highest BCUT2D eigenvalue weighted by atomic mass is 15.3. The molecule has 3 rings (SSSR count). The van der Waals surface area contributed by atoms with Crippen LogP contribution in [0.2, 0.25) is 0 Å². The molecule has 1 heterocycles. The van der Waals surface area contributed by atoms with E-state index in [1.807, 2.05) is 0 Å². The van der Waals surface area contributed by atoms with Gasteiger partial charge in [-0.05, 0) is 25.3 Å². The minimum atomic E-state index is 0.322. The van der Waals surface area contributed by atoms with Crippen LogP contribution in [0.3, 0.4) is 0 Å². The van der Waals surface area contributed by atoms with Gasteiger partial charge in [-0.25, -0.2) is 0 Å². The third kappa shape index (κ3) is 2.32. The summed E-state index contributed by atoms with van der Waals surface area (Å²) in [6.07, 6.45) is 2.57. The van der Waals surface area contributed by atoms with E-state index in [1.54, 1.807) is 0 Å². The van der Waals surface area contributed by atoms with E-state index in [4.69, 9.17) is 0 Å². The van der Waals surface area contributed by atoms with Gasteiger partial charge in [-0.15, -0.1) is 0 Å². The zero-order valence-corrected chi connectivity index (χ0v) is 11.5. The Kier molecular flexibility index (Phi) is 3.16. The van der Waals surface area contributed by atoms with E-state index in [9.17, 15) is 0 Å². The number of hydrogen-bond donors (Lipinski definition) is 1. The summed E-state index contributed by atoms with van der Waals surface area (Å²) in [6.45, 7) is 8.21. The molecule has 1 N–H and O–H groups in total. The summed E-state index contributed by atoms with van der Waals surface area (Å²) >= 11 is 0. The quantitative estimate of drug-likeness (QED) is 0.879. The Labute approximate surface area is 110 Å². The molecule has 1 aromatic rings. The Morgan fingerprint density at radius 3 is 2.83 bits per heavy atom. The zero-order chi connectivity index (χ0) is 12.6. The summed E-state index contributed by atoms with van der Waals surface area (Å²) in [6, 6.07) is 11.8. The molecule has 1 aromatic carbocycles. The Balaban J connectivity index is 1.64. The van der Waals surface area contributed by atoms with Crippen molar-refractivity contribution in [3.63, 3.8) is 0 Å². The maximum absolute atomic E-state index is 3.67. The van der Waals surface area contributed by atoms with Crippen molar-refractivity contribution in [2.24, 2.45) is 0 Å². The second kappa shape index (κ2) is 4.67. The molecule has 0 amide bonds. The summed E-state index contributed by atoms with van der Waals surface area (Å²) in [5, 5.41) is 3.67. The lowest BCUT2D eigenvalue weighted by Crippen LogP contribution is -2.59. The average Bonchev–Trinajstić information content (AvgIpc) is 3.20. The van der Waals surface area contributed by atoms with Gasteiger partial charge in [-0.3, -0.25) is 4.90 Å². The van der Waals surface area contributed by atoms with Crippen molar-refractivity contribution in [2.75, 3.05) is 19.6 Å². The SMILES string of the molecule is CCC1(C)CN(C2CC2c2ccccc2)CCN1. The van der Waals surface area contributed by atoms with Gasteiger partial charge in [0.25, 0.3) is 0 Å². The molecule has 0 bridgehead atoms. The van der Waals surface area contributed by atoms with E-state index in [1.165, 1.54) is 31.5 Å². The highest BCUT2D eigenvalue weighted by molar-refractivity contribution is 5.28. The van der Waals surface area contributed by atoms with Crippen LogP contribution in [-0.2, 0) is 0 Å². The van der Waals surface area contributed by atoms with Gasteiger partial charge in [0, 0.05) is 37.1 Å². The minimum Gasteiger partial charge on any atom is -0.309 e. The lowest BCUT2D eigenvalue weighted by molar-refractivity contribution is 0.131. The van der Waals surface area contributed by atoms with Gasteiger partial charge in [-0.1, -0.05) is 37.3 Å². The monoisotopic (exact) mass is 244 g/mol. The van der Waals surface area contributed by atoms with Crippen molar-refractivity contribution in [3.8, 4) is 0 Å². The largest absolute Gasteiger partial charge is 0.309 e. The molecule has 2 aliphatic rings. The highest BCUT2D eigenvalue weighted by Crippen LogP contribution is 2.45. The molecule has 3 unspecified atom stereocenters. The van der Waals surface area contributed by atoms with Gasteiger partial charge in [0.2, 0.25) is 0 Å². The molecule has 3 atom stereocenters. The summed E-state index contributed by atoms with van der Waals surface area (Å²) in [7, 11) is 0. The number of piperazine rings is 1. The molecule has 0 aromatic heterocycles. The summed E-state index contributed by atoms with van der Waals surface area (Å²) < 4.78 is 0. The Hall–Kier alpha value is -0.860. The van der Waals surface area contributed by atoms with E-state index < -0.39 is 0 Å². The first kappa shape index (κ1) is 12.2. The lowest BCUT2D eigenvalue weighted by Gasteiger charge is -2.41. The second-order valence-corrected chi connectivity index (χ2v) is 6.13.